The first kappa shape index (κ1) is 15.1. The standard InChI is InChI=1S/C16H14F3NO/c1-11-3-5-12(6-4-11)10-20-15-8-7-13(21-2)9-14(15)16(17,18)19/h3-10H,1-2H3. The zero-order valence-electron chi connectivity index (χ0n) is 11.6. The number of nitrogens with zero attached hydrogens (tertiary/aromatic N) is 1. The minimum Gasteiger partial charge on any atom is -0.497 e. The Kier molecular flexibility index (Phi) is 4.31. The van der Waals surface area contributed by atoms with E-state index >= 15 is 0 Å². The Bertz CT molecular complexity index is 646. The monoisotopic (exact) mass is 293 g/mol. The van der Waals surface area contributed by atoms with Crippen molar-refractivity contribution in [3.8, 4) is 5.75 Å². The van der Waals surface area contributed by atoms with E-state index < -0.39 is 11.7 Å². The molecule has 5 heteroatoms. The van der Waals surface area contributed by atoms with Crippen LogP contribution in [0.2, 0.25) is 0 Å². The van der Waals surface area contributed by atoms with Crippen LogP contribution in [0.15, 0.2) is 47.5 Å². The smallest absolute Gasteiger partial charge is 0.418 e. The number of hydrogen-bond acceptors (Lipinski definition) is 2. The number of aliphatic imine (C=N–C) groups is 1. The van der Waals surface area contributed by atoms with Crippen molar-refractivity contribution in [2.75, 3.05) is 7.11 Å². The Morgan fingerprint density at radius 1 is 1.05 bits per heavy atom. The minimum atomic E-state index is -4.48. The number of aryl methyl sites for hydroxylation is 1. The summed E-state index contributed by atoms with van der Waals surface area (Å²) in [6.07, 6.45) is -3.06. The van der Waals surface area contributed by atoms with Gasteiger partial charge in [0.05, 0.1) is 18.4 Å². The largest absolute Gasteiger partial charge is 0.497 e. The molecule has 0 aromatic heterocycles. The average Bonchev–Trinajstić information content (AvgIpc) is 2.45. The van der Waals surface area contributed by atoms with E-state index in [1.807, 2.05) is 19.1 Å². The molecular formula is C16H14F3NO. The van der Waals surface area contributed by atoms with E-state index in [4.69, 9.17) is 4.74 Å². The number of methoxy groups -OCH3 is 1. The molecular weight excluding hydrogens is 279 g/mol. The molecule has 2 aromatic rings. The molecule has 0 unspecified atom stereocenters. The van der Waals surface area contributed by atoms with Gasteiger partial charge in [0.25, 0.3) is 0 Å². The van der Waals surface area contributed by atoms with Crippen LogP contribution in [0.5, 0.6) is 5.75 Å². The molecule has 0 radical (unpaired) electrons. The summed E-state index contributed by atoms with van der Waals surface area (Å²) in [7, 11) is 1.32. The summed E-state index contributed by atoms with van der Waals surface area (Å²) in [4.78, 5) is 3.95. The molecule has 2 rings (SSSR count). The summed E-state index contributed by atoms with van der Waals surface area (Å²) in [6, 6.07) is 11.1. The van der Waals surface area contributed by atoms with Crippen molar-refractivity contribution in [2.24, 2.45) is 4.99 Å². The summed E-state index contributed by atoms with van der Waals surface area (Å²) >= 11 is 0. The van der Waals surface area contributed by atoms with Gasteiger partial charge in [0.15, 0.2) is 0 Å². The van der Waals surface area contributed by atoms with E-state index in [0.717, 1.165) is 17.2 Å². The van der Waals surface area contributed by atoms with Crippen LogP contribution >= 0.6 is 0 Å². The van der Waals surface area contributed by atoms with Crippen molar-refractivity contribution in [2.45, 2.75) is 13.1 Å². The van der Waals surface area contributed by atoms with Gasteiger partial charge < -0.3 is 4.74 Å². The molecule has 0 heterocycles. The quantitative estimate of drug-likeness (QED) is 0.747. The van der Waals surface area contributed by atoms with Gasteiger partial charge in [-0.15, -0.1) is 0 Å². The first-order valence-electron chi connectivity index (χ1n) is 6.26. The normalized spacial score (nSPS) is 11.9. The van der Waals surface area contributed by atoms with E-state index in [9.17, 15) is 13.2 Å². The minimum absolute atomic E-state index is 0.135. The second-order valence-electron chi connectivity index (χ2n) is 4.55. The summed E-state index contributed by atoms with van der Waals surface area (Å²) in [5, 5.41) is 0. The van der Waals surface area contributed by atoms with Crippen LogP contribution in [0, 0.1) is 6.92 Å². The Morgan fingerprint density at radius 3 is 2.29 bits per heavy atom. The molecule has 110 valence electrons. The molecule has 0 aliphatic rings. The molecule has 21 heavy (non-hydrogen) atoms. The van der Waals surface area contributed by atoms with Gasteiger partial charge >= 0.3 is 6.18 Å². The van der Waals surface area contributed by atoms with Crippen molar-refractivity contribution >= 4 is 11.9 Å². The highest BCUT2D eigenvalue weighted by atomic mass is 19.4. The van der Waals surface area contributed by atoms with Gasteiger partial charge in [0.1, 0.15) is 5.75 Å². The van der Waals surface area contributed by atoms with Crippen LogP contribution in [-0.2, 0) is 6.18 Å². The van der Waals surface area contributed by atoms with Crippen molar-refractivity contribution < 1.29 is 17.9 Å². The van der Waals surface area contributed by atoms with Gasteiger partial charge in [-0.25, -0.2) is 0 Å². The molecule has 0 saturated heterocycles. The van der Waals surface area contributed by atoms with Crippen molar-refractivity contribution in [1.29, 1.82) is 0 Å². The molecule has 0 atom stereocenters. The summed E-state index contributed by atoms with van der Waals surface area (Å²) in [5.74, 6) is 0.150. The van der Waals surface area contributed by atoms with E-state index in [1.54, 1.807) is 12.1 Å². The Hall–Kier alpha value is -2.30. The van der Waals surface area contributed by atoms with Crippen LogP contribution in [0.1, 0.15) is 16.7 Å². The van der Waals surface area contributed by atoms with E-state index in [1.165, 1.54) is 25.5 Å². The first-order chi connectivity index (χ1) is 9.90. The SMILES string of the molecule is COc1ccc(N=Cc2ccc(C)cc2)c(C(F)(F)F)c1. The predicted octanol–water partition coefficient (Wildman–Crippen LogP) is 4.77. The summed E-state index contributed by atoms with van der Waals surface area (Å²) in [5.41, 5.74) is 0.867. The van der Waals surface area contributed by atoms with E-state index in [0.29, 0.717) is 0 Å². The Labute approximate surface area is 120 Å². The fourth-order valence-corrected chi connectivity index (χ4v) is 1.78. The number of benzene rings is 2. The lowest BCUT2D eigenvalue weighted by atomic mass is 10.1. The second-order valence-corrected chi connectivity index (χ2v) is 4.55. The number of halogens is 3. The summed E-state index contributed by atoms with van der Waals surface area (Å²) < 4.78 is 43.9. The maximum Gasteiger partial charge on any atom is 0.418 e. The summed E-state index contributed by atoms with van der Waals surface area (Å²) in [6.45, 7) is 1.94. The van der Waals surface area contributed by atoms with E-state index in [-0.39, 0.29) is 11.4 Å². The zero-order valence-corrected chi connectivity index (χ0v) is 11.6. The van der Waals surface area contributed by atoms with Gasteiger partial charge in [0.2, 0.25) is 0 Å². The molecule has 0 aliphatic carbocycles. The highest BCUT2D eigenvalue weighted by Gasteiger charge is 2.34. The highest BCUT2D eigenvalue weighted by molar-refractivity contribution is 5.82. The van der Waals surface area contributed by atoms with Crippen LogP contribution in [0.4, 0.5) is 18.9 Å². The molecule has 0 fully saturated rings. The second kappa shape index (κ2) is 5.99. The first-order valence-corrected chi connectivity index (χ1v) is 6.26. The lowest BCUT2D eigenvalue weighted by Gasteiger charge is -2.11. The maximum absolute atomic E-state index is 13.0. The van der Waals surface area contributed by atoms with Gasteiger partial charge in [-0.05, 0) is 30.7 Å². The molecule has 0 amide bonds. The predicted molar refractivity (Wildman–Crippen MR) is 76.4 cm³/mol. The molecule has 0 spiro atoms. The topological polar surface area (TPSA) is 21.6 Å². The third-order valence-corrected chi connectivity index (χ3v) is 2.94. The van der Waals surface area contributed by atoms with Crippen LogP contribution in [0.3, 0.4) is 0 Å². The number of hydrogen-bond donors (Lipinski definition) is 0. The maximum atomic E-state index is 13.0. The fraction of sp³-hybridized carbons (Fsp3) is 0.188. The lowest BCUT2D eigenvalue weighted by molar-refractivity contribution is -0.137. The Balaban J connectivity index is 2.37. The van der Waals surface area contributed by atoms with Crippen LogP contribution in [-0.4, -0.2) is 13.3 Å². The number of rotatable bonds is 3. The van der Waals surface area contributed by atoms with Crippen LogP contribution in [0.25, 0.3) is 0 Å². The molecule has 0 saturated carbocycles. The highest BCUT2D eigenvalue weighted by Crippen LogP contribution is 2.38. The molecule has 2 aromatic carbocycles. The lowest BCUT2D eigenvalue weighted by Crippen LogP contribution is -2.05. The van der Waals surface area contributed by atoms with Crippen LogP contribution < -0.4 is 4.74 Å². The van der Waals surface area contributed by atoms with Gasteiger partial charge in [-0.1, -0.05) is 29.8 Å². The molecule has 0 bridgehead atoms. The third kappa shape index (κ3) is 3.84. The molecule has 0 N–H and O–H groups in total. The average molecular weight is 293 g/mol. The molecule has 0 aliphatic heterocycles. The number of ether oxygens (including phenoxy) is 1. The zero-order chi connectivity index (χ0) is 15.5. The Morgan fingerprint density at radius 2 is 1.71 bits per heavy atom. The van der Waals surface area contributed by atoms with Gasteiger partial charge in [0, 0.05) is 6.21 Å². The fourth-order valence-electron chi connectivity index (χ4n) is 1.78. The van der Waals surface area contributed by atoms with Crippen molar-refractivity contribution in [3.05, 3.63) is 59.2 Å². The molecule has 2 nitrogen and oxygen atoms in total. The van der Waals surface area contributed by atoms with Gasteiger partial charge in [-0.3, -0.25) is 4.99 Å². The van der Waals surface area contributed by atoms with Crippen molar-refractivity contribution in [1.82, 2.24) is 0 Å². The van der Waals surface area contributed by atoms with Gasteiger partial charge in [-0.2, -0.15) is 13.2 Å². The van der Waals surface area contributed by atoms with E-state index in [2.05, 4.69) is 4.99 Å². The van der Waals surface area contributed by atoms with Crippen molar-refractivity contribution in [3.63, 3.8) is 0 Å². The number of alkyl halides is 3. The third-order valence-electron chi connectivity index (χ3n) is 2.94.